The molecule has 0 aliphatic rings. The van der Waals surface area contributed by atoms with Gasteiger partial charge in [0.15, 0.2) is 5.75 Å². The second-order valence-corrected chi connectivity index (χ2v) is 4.24. The number of hydrogen-bond acceptors (Lipinski definition) is 7. The van der Waals surface area contributed by atoms with Crippen LogP contribution in [0.15, 0.2) is 18.6 Å². The maximum Gasteiger partial charge on any atom is 0.349 e. The molecule has 0 unspecified atom stereocenters. The third kappa shape index (κ3) is 2.82. The van der Waals surface area contributed by atoms with Crippen LogP contribution in [-0.2, 0) is 0 Å². The summed E-state index contributed by atoms with van der Waals surface area (Å²) in [6, 6.07) is 0.167. The predicted octanol–water partition coefficient (Wildman–Crippen LogP) is 2.00. The third-order valence-electron chi connectivity index (χ3n) is 2.48. The van der Waals surface area contributed by atoms with E-state index in [9.17, 15) is 10.1 Å². The average molecular weight is 278 g/mol. The number of aromatic nitrogens is 4. The number of nitrogens with zero attached hydrogens (tertiary/aromatic N) is 5. The largest absolute Gasteiger partial charge is 0.430 e. The van der Waals surface area contributed by atoms with Gasteiger partial charge in [-0.15, -0.1) is 0 Å². The van der Waals surface area contributed by atoms with Crippen LogP contribution in [0.4, 0.5) is 11.6 Å². The number of ether oxygens (including phenoxy) is 1. The second-order valence-electron chi connectivity index (χ2n) is 4.24. The molecule has 2 aromatic heterocycles. The van der Waals surface area contributed by atoms with Crippen molar-refractivity contribution in [1.82, 2.24) is 19.7 Å². The Balaban J connectivity index is 2.32. The molecule has 2 heterocycles. The smallest absolute Gasteiger partial charge is 0.349 e. The molecule has 0 aliphatic heterocycles. The van der Waals surface area contributed by atoms with E-state index in [1.807, 2.05) is 13.8 Å². The molecule has 0 amide bonds. The number of nitrogens with one attached hydrogen (secondary N) is 1. The SMILES string of the molecule is CNc1ncc([N+](=O)[O-])c(Oc2cnn(C(C)C)c2)n1. The fourth-order valence-corrected chi connectivity index (χ4v) is 1.45. The zero-order chi connectivity index (χ0) is 14.7. The van der Waals surface area contributed by atoms with Gasteiger partial charge in [-0.05, 0) is 13.8 Å². The Morgan fingerprint density at radius 1 is 1.45 bits per heavy atom. The molecule has 0 saturated heterocycles. The Kier molecular flexibility index (Phi) is 3.78. The molecule has 20 heavy (non-hydrogen) atoms. The summed E-state index contributed by atoms with van der Waals surface area (Å²) in [4.78, 5) is 18.1. The van der Waals surface area contributed by atoms with Crippen molar-refractivity contribution < 1.29 is 9.66 Å². The van der Waals surface area contributed by atoms with Crippen molar-refractivity contribution in [3.05, 3.63) is 28.7 Å². The molecule has 0 bridgehead atoms. The predicted molar refractivity (Wildman–Crippen MR) is 70.9 cm³/mol. The van der Waals surface area contributed by atoms with Gasteiger partial charge in [-0.25, -0.2) is 4.98 Å². The van der Waals surface area contributed by atoms with E-state index in [0.29, 0.717) is 5.75 Å². The molecule has 1 N–H and O–H groups in total. The fourth-order valence-electron chi connectivity index (χ4n) is 1.45. The van der Waals surface area contributed by atoms with Crippen molar-refractivity contribution in [3.63, 3.8) is 0 Å². The summed E-state index contributed by atoms with van der Waals surface area (Å²) in [5.74, 6) is 0.488. The van der Waals surface area contributed by atoms with Crippen LogP contribution in [0.3, 0.4) is 0 Å². The summed E-state index contributed by atoms with van der Waals surface area (Å²) in [5.41, 5.74) is -0.304. The Morgan fingerprint density at radius 2 is 2.20 bits per heavy atom. The first-order valence-corrected chi connectivity index (χ1v) is 5.92. The molecule has 9 heteroatoms. The van der Waals surface area contributed by atoms with E-state index in [-0.39, 0.29) is 23.6 Å². The van der Waals surface area contributed by atoms with Crippen LogP contribution in [0, 0.1) is 10.1 Å². The fraction of sp³-hybridized carbons (Fsp3) is 0.364. The highest BCUT2D eigenvalue weighted by Crippen LogP contribution is 2.29. The Labute approximate surface area is 114 Å². The second kappa shape index (κ2) is 5.51. The number of nitro groups is 1. The van der Waals surface area contributed by atoms with E-state index < -0.39 is 4.92 Å². The maximum absolute atomic E-state index is 10.9. The van der Waals surface area contributed by atoms with Crippen LogP contribution in [0.2, 0.25) is 0 Å². The van der Waals surface area contributed by atoms with Crippen LogP contribution in [0.25, 0.3) is 0 Å². The van der Waals surface area contributed by atoms with E-state index in [1.54, 1.807) is 17.9 Å². The highest BCUT2D eigenvalue weighted by molar-refractivity contribution is 5.44. The van der Waals surface area contributed by atoms with Crippen molar-refractivity contribution in [3.8, 4) is 11.6 Å². The number of anilines is 1. The molecular weight excluding hydrogens is 264 g/mol. The van der Waals surface area contributed by atoms with Gasteiger partial charge in [0.2, 0.25) is 5.95 Å². The van der Waals surface area contributed by atoms with Crippen LogP contribution in [-0.4, -0.2) is 31.7 Å². The highest BCUT2D eigenvalue weighted by atomic mass is 16.6. The summed E-state index contributed by atoms with van der Waals surface area (Å²) >= 11 is 0. The lowest BCUT2D eigenvalue weighted by molar-refractivity contribution is -0.386. The average Bonchev–Trinajstić information content (AvgIpc) is 2.87. The molecule has 9 nitrogen and oxygen atoms in total. The van der Waals surface area contributed by atoms with Gasteiger partial charge >= 0.3 is 11.6 Å². The van der Waals surface area contributed by atoms with Gasteiger partial charge in [0.05, 0.1) is 17.3 Å². The Bertz CT molecular complexity index is 624. The molecule has 2 rings (SSSR count). The van der Waals surface area contributed by atoms with E-state index >= 15 is 0 Å². The van der Waals surface area contributed by atoms with Crippen LogP contribution in [0.5, 0.6) is 11.6 Å². The maximum atomic E-state index is 10.9. The summed E-state index contributed by atoms with van der Waals surface area (Å²) in [7, 11) is 1.61. The van der Waals surface area contributed by atoms with Gasteiger partial charge in [0.1, 0.15) is 6.20 Å². The van der Waals surface area contributed by atoms with Crippen molar-refractivity contribution >= 4 is 11.6 Å². The minimum atomic E-state index is -0.596. The van der Waals surface area contributed by atoms with E-state index in [0.717, 1.165) is 6.20 Å². The standard InChI is InChI=1S/C11H14N6O3/c1-7(2)16-6-8(4-14-16)20-10-9(17(18)19)5-13-11(12-3)15-10/h4-7H,1-3H3,(H,12,13,15). The molecule has 0 spiro atoms. The summed E-state index contributed by atoms with van der Waals surface area (Å²) in [5, 5.41) is 17.7. The molecule has 2 aromatic rings. The van der Waals surface area contributed by atoms with Gasteiger partial charge in [-0.1, -0.05) is 0 Å². The van der Waals surface area contributed by atoms with Crippen LogP contribution < -0.4 is 10.1 Å². The van der Waals surface area contributed by atoms with E-state index in [1.165, 1.54) is 6.20 Å². The zero-order valence-electron chi connectivity index (χ0n) is 11.3. The topological polar surface area (TPSA) is 108 Å². The third-order valence-corrected chi connectivity index (χ3v) is 2.48. The minimum absolute atomic E-state index is 0.127. The van der Waals surface area contributed by atoms with E-state index in [4.69, 9.17) is 4.74 Å². The molecule has 0 aliphatic carbocycles. The lowest BCUT2D eigenvalue weighted by Crippen LogP contribution is -2.02. The zero-order valence-corrected chi connectivity index (χ0v) is 11.3. The van der Waals surface area contributed by atoms with Gasteiger partial charge < -0.3 is 10.1 Å². The van der Waals surface area contributed by atoms with E-state index in [2.05, 4.69) is 20.4 Å². The summed E-state index contributed by atoms with van der Waals surface area (Å²) in [6.07, 6.45) is 4.22. The Hall–Kier alpha value is -2.71. The minimum Gasteiger partial charge on any atom is -0.430 e. The molecule has 0 aromatic carbocycles. The van der Waals surface area contributed by atoms with Gasteiger partial charge in [0.25, 0.3) is 0 Å². The summed E-state index contributed by atoms with van der Waals surface area (Å²) in [6.45, 7) is 3.92. The van der Waals surface area contributed by atoms with Crippen molar-refractivity contribution in [1.29, 1.82) is 0 Å². The lowest BCUT2D eigenvalue weighted by Gasteiger charge is -2.05. The Morgan fingerprint density at radius 3 is 2.75 bits per heavy atom. The van der Waals surface area contributed by atoms with Crippen molar-refractivity contribution in [2.75, 3.05) is 12.4 Å². The normalized spacial score (nSPS) is 10.6. The van der Waals surface area contributed by atoms with Gasteiger partial charge in [0, 0.05) is 13.1 Å². The molecule has 0 radical (unpaired) electrons. The van der Waals surface area contributed by atoms with Crippen molar-refractivity contribution in [2.24, 2.45) is 0 Å². The summed E-state index contributed by atoms with van der Waals surface area (Å²) < 4.78 is 7.11. The first-order chi connectivity index (χ1) is 9.51. The first kappa shape index (κ1) is 13.7. The number of hydrogen-bond donors (Lipinski definition) is 1. The first-order valence-electron chi connectivity index (χ1n) is 5.92. The quantitative estimate of drug-likeness (QED) is 0.658. The molecule has 0 saturated carbocycles. The molecule has 0 fully saturated rings. The molecular formula is C11H14N6O3. The molecule has 106 valence electrons. The highest BCUT2D eigenvalue weighted by Gasteiger charge is 2.20. The van der Waals surface area contributed by atoms with Gasteiger partial charge in [-0.3, -0.25) is 14.8 Å². The molecule has 0 atom stereocenters. The van der Waals surface area contributed by atoms with Gasteiger partial charge in [-0.2, -0.15) is 10.1 Å². The lowest BCUT2D eigenvalue weighted by atomic mass is 10.4. The van der Waals surface area contributed by atoms with Crippen LogP contribution >= 0.6 is 0 Å². The van der Waals surface area contributed by atoms with Crippen molar-refractivity contribution in [2.45, 2.75) is 19.9 Å². The van der Waals surface area contributed by atoms with Crippen LogP contribution in [0.1, 0.15) is 19.9 Å². The monoisotopic (exact) mass is 278 g/mol. The number of rotatable bonds is 5.